The molecule has 30 heavy (non-hydrogen) atoms. The lowest BCUT2D eigenvalue weighted by atomic mass is 9.69. The summed E-state index contributed by atoms with van der Waals surface area (Å²) in [5, 5.41) is 0. The van der Waals surface area contributed by atoms with E-state index in [1.54, 1.807) is 0 Å². The third-order valence-electron chi connectivity index (χ3n) is 7.80. The summed E-state index contributed by atoms with van der Waals surface area (Å²) in [5.41, 5.74) is 0. The lowest BCUT2D eigenvalue weighted by Crippen LogP contribution is -2.27. The van der Waals surface area contributed by atoms with E-state index >= 15 is 0 Å². The second-order valence-corrected chi connectivity index (χ2v) is 10.1. The molecule has 0 aromatic heterocycles. The Morgan fingerprint density at radius 1 is 0.667 bits per heavy atom. The molecule has 0 amide bonds. The molecule has 0 radical (unpaired) electrons. The molecule has 2 nitrogen and oxygen atoms in total. The number of rotatable bonds is 9. The summed E-state index contributed by atoms with van der Waals surface area (Å²) in [6.45, 7) is 3.25. The number of ether oxygens (including phenoxy) is 2. The molecule has 1 aromatic rings. The standard InChI is InChI=1S/C26H38F2O2/c1-2-3-18-6-10-21(11-7-18)22-12-8-20(9-13-22)17-30-24-15-14-23(25(27)26(24)28)29-16-19-4-5-19/h14-15,18-22H,2-13,16-17H2,1H3. The summed E-state index contributed by atoms with van der Waals surface area (Å²) in [7, 11) is 0. The summed E-state index contributed by atoms with van der Waals surface area (Å²) >= 11 is 0. The molecule has 3 saturated carbocycles. The van der Waals surface area contributed by atoms with Crippen molar-refractivity contribution in [3.05, 3.63) is 23.8 Å². The van der Waals surface area contributed by atoms with Crippen molar-refractivity contribution in [1.29, 1.82) is 0 Å². The lowest BCUT2D eigenvalue weighted by molar-refractivity contribution is 0.120. The zero-order chi connectivity index (χ0) is 20.9. The van der Waals surface area contributed by atoms with Gasteiger partial charge in [0.15, 0.2) is 11.5 Å². The van der Waals surface area contributed by atoms with Crippen LogP contribution in [0.25, 0.3) is 0 Å². The summed E-state index contributed by atoms with van der Waals surface area (Å²) in [5.74, 6) is 1.88. The minimum atomic E-state index is -0.921. The van der Waals surface area contributed by atoms with Crippen molar-refractivity contribution in [2.45, 2.75) is 84.0 Å². The van der Waals surface area contributed by atoms with Crippen LogP contribution in [0.15, 0.2) is 12.1 Å². The van der Waals surface area contributed by atoms with Crippen molar-refractivity contribution in [3.8, 4) is 11.5 Å². The van der Waals surface area contributed by atoms with E-state index in [4.69, 9.17) is 9.47 Å². The second kappa shape index (κ2) is 10.3. The van der Waals surface area contributed by atoms with Crippen molar-refractivity contribution in [3.63, 3.8) is 0 Å². The average Bonchev–Trinajstić information content (AvgIpc) is 3.60. The number of hydrogen-bond acceptors (Lipinski definition) is 2. The summed E-state index contributed by atoms with van der Waals surface area (Å²) in [6.07, 6.45) is 15.5. The van der Waals surface area contributed by atoms with Crippen LogP contribution in [0.2, 0.25) is 0 Å². The van der Waals surface area contributed by atoms with Crippen molar-refractivity contribution >= 4 is 0 Å². The van der Waals surface area contributed by atoms with Gasteiger partial charge in [0.2, 0.25) is 11.6 Å². The Bertz CT molecular complexity index is 672. The Morgan fingerprint density at radius 3 is 1.47 bits per heavy atom. The van der Waals surface area contributed by atoms with E-state index in [2.05, 4.69) is 6.92 Å². The molecule has 3 aliphatic rings. The van der Waals surface area contributed by atoms with Crippen LogP contribution in [0.3, 0.4) is 0 Å². The first-order valence-corrected chi connectivity index (χ1v) is 12.4. The highest BCUT2D eigenvalue weighted by Gasteiger charge is 2.31. The average molecular weight is 421 g/mol. The van der Waals surface area contributed by atoms with E-state index < -0.39 is 11.6 Å². The van der Waals surface area contributed by atoms with Crippen LogP contribution >= 0.6 is 0 Å². The first-order valence-electron chi connectivity index (χ1n) is 12.4. The van der Waals surface area contributed by atoms with E-state index in [0.29, 0.717) is 25.0 Å². The minimum absolute atomic E-state index is 0.000848. The van der Waals surface area contributed by atoms with Crippen molar-refractivity contribution in [2.24, 2.45) is 29.6 Å². The fraction of sp³-hybridized carbons (Fsp3) is 0.769. The topological polar surface area (TPSA) is 18.5 Å². The second-order valence-electron chi connectivity index (χ2n) is 10.1. The Kier molecular flexibility index (Phi) is 7.54. The Balaban J connectivity index is 1.20. The van der Waals surface area contributed by atoms with Gasteiger partial charge in [0.1, 0.15) is 0 Å². The van der Waals surface area contributed by atoms with Gasteiger partial charge in [-0.25, -0.2) is 0 Å². The van der Waals surface area contributed by atoms with Gasteiger partial charge >= 0.3 is 0 Å². The smallest absolute Gasteiger partial charge is 0.204 e. The van der Waals surface area contributed by atoms with Crippen LogP contribution in [0.5, 0.6) is 11.5 Å². The molecule has 0 N–H and O–H groups in total. The monoisotopic (exact) mass is 420 g/mol. The van der Waals surface area contributed by atoms with Crippen molar-refractivity contribution in [2.75, 3.05) is 13.2 Å². The largest absolute Gasteiger partial charge is 0.490 e. The summed E-state index contributed by atoms with van der Waals surface area (Å²) in [6, 6.07) is 3.02. The molecule has 3 fully saturated rings. The van der Waals surface area contributed by atoms with E-state index in [1.165, 1.54) is 63.5 Å². The van der Waals surface area contributed by atoms with Crippen LogP contribution in [0.4, 0.5) is 8.78 Å². The molecule has 0 atom stereocenters. The fourth-order valence-electron chi connectivity index (χ4n) is 5.62. The maximum atomic E-state index is 14.4. The van der Waals surface area contributed by atoms with Crippen LogP contribution in [-0.2, 0) is 0 Å². The number of benzene rings is 1. The molecular weight excluding hydrogens is 382 g/mol. The van der Waals surface area contributed by atoms with Crippen LogP contribution in [0, 0.1) is 41.2 Å². The van der Waals surface area contributed by atoms with Crippen LogP contribution in [0.1, 0.15) is 84.0 Å². The Labute approximate surface area is 180 Å². The van der Waals surface area contributed by atoms with E-state index in [-0.39, 0.29) is 11.5 Å². The predicted molar refractivity (Wildman–Crippen MR) is 116 cm³/mol. The van der Waals surface area contributed by atoms with Gasteiger partial charge in [0, 0.05) is 0 Å². The molecule has 0 heterocycles. The van der Waals surface area contributed by atoms with Gasteiger partial charge in [-0.3, -0.25) is 0 Å². The molecule has 168 valence electrons. The zero-order valence-corrected chi connectivity index (χ0v) is 18.5. The van der Waals surface area contributed by atoms with Gasteiger partial charge in [-0.15, -0.1) is 0 Å². The lowest BCUT2D eigenvalue weighted by Gasteiger charge is -2.37. The van der Waals surface area contributed by atoms with Gasteiger partial charge in [0.25, 0.3) is 0 Å². The van der Waals surface area contributed by atoms with Crippen LogP contribution < -0.4 is 9.47 Å². The highest BCUT2D eigenvalue weighted by atomic mass is 19.2. The van der Waals surface area contributed by atoms with E-state index in [9.17, 15) is 8.78 Å². The molecule has 4 rings (SSSR count). The van der Waals surface area contributed by atoms with Gasteiger partial charge in [-0.05, 0) is 93.1 Å². The van der Waals surface area contributed by atoms with E-state index in [1.807, 2.05) is 0 Å². The molecule has 4 heteroatoms. The number of halogens is 2. The molecule has 0 unspecified atom stereocenters. The molecule has 0 bridgehead atoms. The third kappa shape index (κ3) is 5.68. The fourth-order valence-corrected chi connectivity index (χ4v) is 5.62. The Hall–Kier alpha value is -1.32. The van der Waals surface area contributed by atoms with Gasteiger partial charge in [0.05, 0.1) is 13.2 Å². The van der Waals surface area contributed by atoms with Gasteiger partial charge < -0.3 is 9.47 Å². The molecule has 0 saturated heterocycles. The first kappa shape index (κ1) is 21.9. The number of hydrogen-bond donors (Lipinski definition) is 0. The Morgan fingerprint density at radius 2 is 1.07 bits per heavy atom. The summed E-state index contributed by atoms with van der Waals surface area (Å²) in [4.78, 5) is 0. The molecule has 0 aliphatic heterocycles. The first-order chi connectivity index (χ1) is 14.6. The normalized spacial score (nSPS) is 29.6. The molecule has 0 spiro atoms. The quantitative estimate of drug-likeness (QED) is 0.411. The molecule has 1 aromatic carbocycles. The van der Waals surface area contributed by atoms with Gasteiger partial charge in [-0.1, -0.05) is 32.6 Å². The minimum Gasteiger partial charge on any atom is -0.490 e. The summed E-state index contributed by atoms with van der Waals surface area (Å²) < 4.78 is 39.7. The van der Waals surface area contributed by atoms with E-state index in [0.717, 1.165) is 43.4 Å². The van der Waals surface area contributed by atoms with Gasteiger partial charge in [-0.2, -0.15) is 8.78 Å². The van der Waals surface area contributed by atoms with Crippen molar-refractivity contribution in [1.82, 2.24) is 0 Å². The highest BCUT2D eigenvalue weighted by molar-refractivity contribution is 5.35. The SMILES string of the molecule is CCCC1CCC(C2CCC(COc3ccc(OCC4CC4)c(F)c3F)CC2)CC1. The highest BCUT2D eigenvalue weighted by Crippen LogP contribution is 2.42. The zero-order valence-electron chi connectivity index (χ0n) is 18.5. The maximum absolute atomic E-state index is 14.4. The molecule has 3 aliphatic carbocycles. The van der Waals surface area contributed by atoms with Crippen LogP contribution in [-0.4, -0.2) is 13.2 Å². The van der Waals surface area contributed by atoms with Crippen molar-refractivity contribution < 1.29 is 18.3 Å². The third-order valence-corrected chi connectivity index (χ3v) is 7.80. The predicted octanol–water partition coefficient (Wildman–Crippen LogP) is 7.55. The molecular formula is C26H38F2O2. The maximum Gasteiger partial charge on any atom is 0.204 e.